The Morgan fingerprint density at radius 1 is 0.700 bits per heavy atom. The summed E-state index contributed by atoms with van der Waals surface area (Å²) >= 11 is 7.31. The molecule has 0 bridgehead atoms. The van der Waals surface area contributed by atoms with Gasteiger partial charge in [0.25, 0.3) is 0 Å². The van der Waals surface area contributed by atoms with Crippen molar-refractivity contribution in [1.82, 2.24) is 0 Å². The van der Waals surface area contributed by atoms with Crippen LogP contribution in [0.5, 0.6) is 11.5 Å². The highest BCUT2D eigenvalue weighted by Crippen LogP contribution is 2.34. The molecule has 0 aliphatic heterocycles. The maximum Gasteiger partial charge on any atom is 0.123 e. The molecule has 0 N–H and O–H groups in total. The smallest absolute Gasteiger partial charge is 0.123 e. The van der Waals surface area contributed by atoms with Gasteiger partial charge in [0.2, 0.25) is 0 Å². The normalized spacial score (nSPS) is 10.9. The molecular formula is C26H36Br2O2. The molecule has 0 saturated carbocycles. The van der Waals surface area contributed by atoms with Crippen molar-refractivity contribution in [3.8, 4) is 22.6 Å². The standard InChI is InChI=1S/C26H36Br2O2/c1-3-5-6-7-8-9-10-11-16-30-26-18-22(19-27)25(17-23(26)20-28)21-12-14-24(15-13-21)29-4-2/h12-15,17-18H,3-11,16,19-20H2,1-2H3. The predicted molar refractivity (Wildman–Crippen MR) is 136 cm³/mol. The zero-order valence-corrected chi connectivity index (χ0v) is 21.7. The van der Waals surface area contributed by atoms with Gasteiger partial charge >= 0.3 is 0 Å². The molecule has 2 nitrogen and oxygen atoms in total. The van der Waals surface area contributed by atoms with Crippen LogP contribution in [0.25, 0.3) is 11.1 Å². The molecule has 0 fully saturated rings. The molecule has 0 aliphatic rings. The van der Waals surface area contributed by atoms with Crippen molar-refractivity contribution in [1.29, 1.82) is 0 Å². The number of hydrogen-bond donors (Lipinski definition) is 0. The number of hydrogen-bond acceptors (Lipinski definition) is 2. The SMILES string of the molecule is CCCCCCCCCCOc1cc(CBr)c(-c2ccc(OCC)cc2)cc1CBr. The van der Waals surface area contributed by atoms with Gasteiger partial charge in [0, 0.05) is 16.2 Å². The molecule has 0 aromatic heterocycles. The molecule has 0 heterocycles. The van der Waals surface area contributed by atoms with Crippen molar-refractivity contribution in [3.05, 3.63) is 47.5 Å². The van der Waals surface area contributed by atoms with Crippen LogP contribution in [0.2, 0.25) is 0 Å². The predicted octanol–water partition coefficient (Wildman–Crippen LogP) is 9.06. The van der Waals surface area contributed by atoms with Crippen molar-refractivity contribution in [2.75, 3.05) is 13.2 Å². The van der Waals surface area contributed by atoms with Crippen LogP contribution < -0.4 is 9.47 Å². The van der Waals surface area contributed by atoms with Gasteiger partial charge in [0.05, 0.1) is 13.2 Å². The molecule has 2 aromatic rings. The lowest BCUT2D eigenvalue weighted by molar-refractivity contribution is 0.302. The Bertz CT molecular complexity index is 729. The van der Waals surface area contributed by atoms with E-state index >= 15 is 0 Å². The van der Waals surface area contributed by atoms with E-state index in [1.54, 1.807) is 0 Å². The lowest BCUT2D eigenvalue weighted by atomic mass is 9.97. The molecule has 0 aliphatic carbocycles. The molecular weight excluding hydrogens is 504 g/mol. The number of benzene rings is 2. The average molecular weight is 540 g/mol. The van der Waals surface area contributed by atoms with Gasteiger partial charge in [0.1, 0.15) is 11.5 Å². The minimum atomic E-state index is 0.685. The van der Waals surface area contributed by atoms with Crippen LogP contribution in [0.15, 0.2) is 36.4 Å². The van der Waals surface area contributed by atoms with E-state index in [1.165, 1.54) is 67.2 Å². The Hall–Kier alpha value is -1.00. The Kier molecular flexibility index (Phi) is 12.6. The second-order valence-electron chi connectivity index (χ2n) is 7.67. The van der Waals surface area contributed by atoms with Crippen LogP contribution in [0.1, 0.15) is 76.3 Å². The molecule has 0 spiro atoms. The lowest BCUT2D eigenvalue weighted by Gasteiger charge is -2.16. The minimum Gasteiger partial charge on any atom is -0.494 e. The van der Waals surface area contributed by atoms with Crippen LogP contribution >= 0.6 is 31.9 Å². The number of alkyl halides is 2. The first-order valence-corrected chi connectivity index (χ1v) is 13.6. The molecule has 0 atom stereocenters. The van der Waals surface area contributed by atoms with Crippen molar-refractivity contribution in [2.24, 2.45) is 0 Å². The molecule has 0 unspecified atom stereocenters. The average Bonchev–Trinajstić information content (AvgIpc) is 2.78. The van der Waals surface area contributed by atoms with E-state index in [1.807, 2.05) is 19.1 Å². The highest BCUT2D eigenvalue weighted by Gasteiger charge is 2.12. The Labute approximate surface area is 200 Å². The first-order chi connectivity index (χ1) is 14.7. The fourth-order valence-corrected chi connectivity index (χ4v) is 4.50. The summed E-state index contributed by atoms with van der Waals surface area (Å²) in [4.78, 5) is 0. The van der Waals surface area contributed by atoms with Crippen LogP contribution in [-0.2, 0) is 10.7 Å². The van der Waals surface area contributed by atoms with Gasteiger partial charge in [-0.1, -0.05) is 95.9 Å². The highest BCUT2D eigenvalue weighted by molar-refractivity contribution is 9.08. The van der Waals surface area contributed by atoms with Crippen LogP contribution in [0.4, 0.5) is 0 Å². The van der Waals surface area contributed by atoms with Crippen LogP contribution in [-0.4, -0.2) is 13.2 Å². The van der Waals surface area contributed by atoms with E-state index in [4.69, 9.17) is 9.47 Å². The summed E-state index contributed by atoms with van der Waals surface area (Å²) in [6.45, 7) is 5.75. The Balaban J connectivity index is 1.95. The summed E-state index contributed by atoms with van der Waals surface area (Å²) in [5.74, 6) is 1.91. The largest absolute Gasteiger partial charge is 0.494 e. The molecule has 30 heavy (non-hydrogen) atoms. The zero-order valence-electron chi connectivity index (χ0n) is 18.5. The van der Waals surface area contributed by atoms with Gasteiger partial charge in [-0.25, -0.2) is 0 Å². The van der Waals surface area contributed by atoms with Gasteiger partial charge in [0.15, 0.2) is 0 Å². The first-order valence-electron chi connectivity index (χ1n) is 11.4. The van der Waals surface area contributed by atoms with E-state index in [-0.39, 0.29) is 0 Å². The van der Waals surface area contributed by atoms with Crippen LogP contribution in [0, 0.1) is 0 Å². The molecule has 0 saturated heterocycles. The van der Waals surface area contributed by atoms with E-state index in [9.17, 15) is 0 Å². The number of rotatable bonds is 15. The van der Waals surface area contributed by atoms with Crippen molar-refractivity contribution in [2.45, 2.75) is 75.9 Å². The van der Waals surface area contributed by atoms with E-state index in [0.717, 1.165) is 35.2 Å². The van der Waals surface area contributed by atoms with E-state index < -0.39 is 0 Å². The topological polar surface area (TPSA) is 18.5 Å². The summed E-state index contributed by atoms with van der Waals surface area (Å²) in [5, 5.41) is 1.58. The second kappa shape index (κ2) is 14.9. The van der Waals surface area contributed by atoms with E-state index in [2.05, 4.69) is 63.0 Å². The second-order valence-corrected chi connectivity index (χ2v) is 8.79. The molecule has 2 rings (SSSR count). The highest BCUT2D eigenvalue weighted by atomic mass is 79.9. The molecule has 0 radical (unpaired) electrons. The van der Waals surface area contributed by atoms with Crippen molar-refractivity contribution >= 4 is 31.9 Å². The number of ether oxygens (including phenoxy) is 2. The summed E-state index contributed by atoms with van der Waals surface area (Å²) in [7, 11) is 0. The maximum absolute atomic E-state index is 6.19. The summed E-state index contributed by atoms with van der Waals surface area (Å²) in [6.07, 6.45) is 10.5. The van der Waals surface area contributed by atoms with Gasteiger partial charge in [-0.15, -0.1) is 0 Å². The Morgan fingerprint density at radius 2 is 1.33 bits per heavy atom. The fraction of sp³-hybridized carbons (Fsp3) is 0.538. The minimum absolute atomic E-state index is 0.685. The summed E-state index contributed by atoms with van der Waals surface area (Å²) in [6, 6.07) is 12.8. The van der Waals surface area contributed by atoms with E-state index in [0.29, 0.717) is 6.61 Å². The molecule has 166 valence electrons. The zero-order chi connectivity index (χ0) is 21.6. The van der Waals surface area contributed by atoms with Crippen LogP contribution in [0.3, 0.4) is 0 Å². The summed E-state index contributed by atoms with van der Waals surface area (Å²) < 4.78 is 11.8. The first kappa shape index (κ1) is 25.3. The maximum atomic E-state index is 6.19. The van der Waals surface area contributed by atoms with Crippen molar-refractivity contribution in [3.63, 3.8) is 0 Å². The number of halogens is 2. The third-order valence-electron chi connectivity index (χ3n) is 5.31. The lowest BCUT2D eigenvalue weighted by Crippen LogP contribution is -2.02. The quantitative estimate of drug-likeness (QED) is 0.166. The third kappa shape index (κ3) is 8.26. The molecule has 4 heteroatoms. The molecule has 0 amide bonds. The monoisotopic (exact) mass is 538 g/mol. The number of unbranched alkanes of at least 4 members (excludes halogenated alkanes) is 7. The van der Waals surface area contributed by atoms with Gasteiger partial charge < -0.3 is 9.47 Å². The van der Waals surface area contributed by atoms with Gasteiger partial charge in [-0.2, -0.15) is 0 Å². The summed E-state index contributed by atoms with van der Waals surface area (Å²) in [5.41, 5.74) is 4.88. The third-order valence-corrected chi connectivity index (χ3v) is 6.51. The van der Waals surface area contributed by atoms with Crippen molar-refractivity contribution < 1.29 is 9.47 Å². The molecule has 2 aromatic carbocycles. The van der Waals surface area contributed by atoms with Gasteiger partial charge in [-0.05, 0) is 54.3 Å². The fourth-order valence-electron chi connectivity index (χ4n) is 3.60. The van der Waals surface area contributed by atoms with Gasteiger partial charge in [-0.3, -0.25) is 0 Å². The Morgan fingerprint density at radius 3 is 1.93 bits per heavy atom.